The van der Waals surface area contributed by atoms with Gasteiger partial charge in [0.1, 0.15) is 11.4 Å². The molecule has 0 aromatic heterocycles. The molecular weight excluding hydrogens is 392 g/mol. The second-order valence-corrected chi connectivity index (χ2v) is 7.80. The number of halogens is 1. The van der Waals surface area contributed by atoms with Crippen LogP contribution < -0.4 is 9.64 Å². The monoisotopic (exact) mass is 414 g/mol. The summed E-state index contributed by atoms with van der Waals surface area (Å²) in [5.41, 5.74) is 3.33. The molecule has 0 aliphatic carbocycles. The lowest BCUT2D eigenvalue weighted by molar-refractivity contribution is -0.113. The molecule has 1 aliphatic heterocycles. The van der Waals surface area contributed by atoms with Gasteiger partial charge in [-0.25, -0.2) is 4.99 Å². The van der Waals surface area contributed by atoms with E-state index in [-0.39, 0.29) is 5.91 Å². The van der Waals surface area contributed by atoms with Crippen LogP contribution in [0.4, 0.5) is 5.69 Å². The van der Waals surface area contributed by atoms with E-state index in [4.69, 9.17) is 16.3 Å². The molecule has 2 aromatic rings. The van der Waals surface area contributed by atoms with Gasteiger partial charge >= 0.3 is 0 Å². The smallest absolute Gasteiger partial charge is 0.283 e. The molecule has 0 saturated heterocycles. The number of nitrogens with zero attached hydrogens (tertiary/aromatic N) is 2. The molecule has 0 N–H and O–H groups in total. The molecule has 4 nitrogen and oxygen atoms in total. The summed E-state index contributed by atoms with van der Waals surface area (Å²) in [6.07, 6.45) is 3.81. The lowest BCUT2D eigenvalue weighted by atomic mass is 10.1. The first-order valence-electron chi connectivity index (χ1n) is 9.27. The van der Waals surface area contributed by atoms with E-state index in [0.29, 0.717) is 27.3 Å². The summed E-state index contributed by atoms with van der Waals surface area (Å²) in [5.74, 6) is 1.30. The van der Waals surface area contributed by atoms with E-state index in [1.807, 2.05) is 24.3 Å². The molecule has 0 fully saturated rings. The van der Waals surface area contributed by atoms with Crippen molar-refractivity contribution in [2.45, 2.75) is 26.7 Å². The molecule has 0 atom stereocenters. The second-order valence-electron chi connectivity index (χ2n) is 6.33. The van der Waals surface area contributed by atoms with Gasteiger partial charge in [-0.1, -0.05) is 61.5 Å². The first-order valence-corrected chi connectivity index (χ1v) is 10.6. The highest BCUT2D eigenvalue weighted by Crippen LogP contribution is 2.34. The summed E-state index contributed by atoms with van der Waals surface area (Å²) < 4.78 is 5.22. The van der Waals surface area contributed by atoms with Crippen LogP contribution in [0.3, 0.4) is 0 Å². The maximum absolute atomic E-state index is 13.1. The predicted molar refractivity (Wildman–Crippen MR) is 119 cm³/mol. The van der Waals surface area contributed by atoms with Gasteiger partial charge in [-0.3, -0.25) is 9.69 Å². The Bertz CT molecular complexity index is 923. The zero-order valence-electron chi connectivity index (χ0n) is 16.2. The van der Waals surface area contributed by atoms with Crippen molar-refractivity contribution in [3.63, 3.8) is 0 Å². The Balaban J connectivity index is 1.95. The molecule has 0 bridgehead atoms. The number of ether oxygens (including phenoxy) is 1. The maximum Gasteiger partial charge on any atom is 0.283 e. The number of carbonyl (C=O) groups is 1. The number of methoxy groups -OCH3 is 1. The van der Waals surface area contributed by atoms with Gasteiger partial charge in [0.2, 0.25) is 0 Å². The van der Waals surface area contributed by atoms with Gasteiger partial charge < -0.3 is 4.74 Å². The number of thioether (sulfide) groups is 1. The Labute approximate surface area is 175 Å². The molecule has 1 aliphatic rings. The summed E-state index contributed by atoms with van der Waals surface area (Å²) >= 11 is 7.84. The van der Waals surface area contributed by atoms with Gasteiger partial charge in [0.05, 0.1) is 17.8 Å². The Morgan fingerprint density at radius 1 is 1.18 bits per heavy atom. The second kappa shape index (κ2) is 9.30. The van der Waals surface area contributed by atoms with Crippen LogP contribution >= 0.6 is 23.4 Å². The Kier molecular flexibility index (Phi) is 6.81. The molecule has 1 amide bonds. The molecule has 146 valence electrons. The van der Waals surface area contributed by atoms with Gasteiger partial charge in [0.15, 0.2) is 5.17 Å². The number of amides is 1. The van der Waals surface area contributed by atoms with Crippen LogP contribution in [0, 0.1) is 0 Å². The highest BCUT2D eigenvalue weighted by Gasteiger charge is 2.32. The lowest BCUT2D eigenvalue weighted by Gasteiger charge is -2.18. The molecule has 0 radical (unpaired) electrons. The molecular formula is C22H23ClN2O2S. The summed E-state index contributed by atoms with van der Waals surface area (Å²) in [6, 6.07) is 13.5. The fourth-order valence-corrected chi connectivity index (χ4v) is 3.93. The lowest BCUT2D eigenvalue weighted by Crippen LogP contribution is -2.30. The van der Waals surface area contributed by atoms with Crippen LogP contribution in [0.2, 0.25) is 5.02 Å². The van der Waals surface area contributed by atoms with Crippen molar-refractivity contribution in [2.24, 2.45) is 4.99 Å². The van der Waals surface area contributed by atoms with Crippen molar-refractivity contribution in [2.75, 3.05) is 17.8 Å². The molecule has 0 unspecified atom stereocenters. The topological polar surface area (TPSA) is 41.9 Å². The zero-order valence-corrected chi connectivity index (χ0v) is 17.8. The van der Waals surface area contributed by atoms with E-state index < -0.39 is 0 Å². The highest BCUT2D eigenvalue weighted by atomic mass is 35.5. The van der Waals surface area contributed by atoms with Crippen LogP contribution in [-0.2, 0) is 11.2 Å². The molecule has 0 spiro atoms. The number of aliphatic imine (C=N–C) groups is 1. The van der Waals surface area contributed by atoms with Crippen LogP contribution in [-0.4, -0.2) is 23.9 Å². The van der Waals surface area contributed by atoms with Crippen molar-refractivity contribution < 1.29 is 9.53 Å². The summed E-state index contributed by atoms with van der Waals surface area (Å²) in [6.45, 7) is 4.22. The number of hydrogen-bond donors (Lipinski definition) is 0. The fourth-order valence-electron chi connectivity index (χ4n) is 2.82. The van der Waals surface area contributed by atoms with Gasteiger partial charge in [-0.05, 0) is 48.2 Å². The molecule has 3 rings (SSSR count). The molecule has 0 saturated carbocycles. The van der Waals surface area contributed by atoms with Gasteiger partial charge in [-0.2, -0.15) is 0 Å². The van der Waals surface area contributed by atoms with E-state index in [0.717, 1.165) is 24.2 Å². The largest absolute Gasteiger partial charge is 0.495 e. The summed E-state index contributed by atoms with van der Waals surface area (Å²) in [5, 5.41) is 1.13. The Morgan fingerprint density at radius 3 is 2.54 bits per heavy atom. The van der Waals surface area contributed by atoms with Crippen molar-refractivity contribution in [3.8, 4) is 5.75 Å². The van der Waals surface area contributed by atoms with Crippen LogP contribution in [0.25, 0.3) is 6.08 Å². The molecule has 1 heterocycles. The number of amidine groups is 1. The summed E-state index contributed by atoms with van der Waals surface area (Å²) in [7, 11) is 1.57. The number of carbonyl (C=O) groups excluding carboxylic acids is 1. The van der Waals surface area contributed by atoms with Crippen molar-refractivity contribution >= 4 is 46.2 Å². The normalized spacial score (nSPS) is 15.3. The third-order valence-electron chi connectivity index (χ3n) is 4.35. The van der Waals surface area contributed by atoms with E-state index in [9.17, 15) is 4.79 Å². The average Bonchev–Trinajstić information content (AvgIpc) is 3.02. The first kappa shape index (κ1) is 20.5. The average molecular weight is 415 g/mol. The minimum atomic E-state index is -0.153. The van der Waals surface area contributed by atoms with Crippen LogP contribution in [0.5, 0.6) is 5.75 Å². The molecule has 2 aromatic carbocycles. The fraction of sp³-hybridized carbons (Fsp3) is 0.273. The minimum absolute atomic E-state index is 0.153. The van der Waals surface area contributed by atoms with Gasteiger partial charge in [-0.15, -0.1) is 0 Å². The van der Waals surface area contributed by atoms with Crippen molar-refractivity contribution in [1.29, 1.82) is 0 Å². The van der Waals surface area contributed by atoms with Crippen molar-refractivity contribution in [1.82, 2.24) is 0 Å². The maximum atomic E-state index is 13.1. The van der Waals surface area contributed by atoms with E-state index in [1.54, 1.807) is 35.9 Å². The van der Waals surface area contributed by atoms with Gasteiger partial charge in [0, 0.05) is 5.75 Å². The third-order valence-corrected chi connectivity index (χ3v) is 5.79. The van der Waals surface area contributed by atoms with Crippen LogP contribution in [0.15, 0.2) is 53.2 Å². The van der Waals surface area contributed by atoms with Crippen LogP contribution in [0.1, 0.15) is 31.4 Å². The van der Waals surface area contributed by atoms with E-state index in [1.165, 1.54) is 5.56 Å². The zero-order chi connectivity index (χ0) is 20.1. The van der Waals surface area contributed by atoms with E-state index >= 15 is 0 Å². The SMILES string of the molecule is CCCSC1=NC(=Cc2ccc(CC)cc2)C(=O)N1c1ccc(OC)c(Cl)c1. The summed E-state index contributed by atoms with van der Waals surface area (Å²) in [4.78, 5) is 19.4. The quantitative estimate of drug-likeness (QED) is 0.561. The number of anilines is 1. The first-order chi connectivity index (χ1) is 13.6. The third kappa shape index (κ3) is 4.42. The standard InChI is InChI=1S/C22H23ClN2O2S/c1-4-12-28-22-24-19(13-16-8-6-15(5-2)7-9-16)21(26)25(22)17-10-11-20(27-3)18(23)14-17/h6-11,13-14H,4-5,12H2,1-3H3. The minimum Gasteiger partial charge on any atom is -0.495 e. The van der Waals surface area contributed by atoms with Crippen molar-refractivity contribution in [3.05, 3.63) is 64.3 Å². The Hall–Kier alpha value is -2.24. The highest BCUT2D eigenvalue weighted by molar-refractivity contribution is 8.14. The van der Waals surface area contributed by atoms with Gasteiger partial charge in [0.25, 0.3) is 5.91 Å². The molecule has 6 heteroatoms. The Morgan fingerprint density at radius 2 is 1.93 bits per heavy atom. The van der Waals surface area contributed by atoms with E-state index in [2.05, 4.69) is 31.0 Å². The number of benzene rings is 2. The molecule has 28 heavy (non-hydrogen) atoms. The number of rotatable bonds is 6. The predicted octanol–water partition coefficient (Wildman–Crippen LogP) is 5.80. The number of aryl methyl sites for hydroxylation is 1. The number of hydrogen-bond acceptors (Lipinski definition) is 4.